The zero-order valence-corrected chi connectivity index (χ0v) is 19.1. The summed E-state index contributed by atoms with van der Waals surface area (Å²) in [5, 5.41) is 0. The van der Waals surface area contributed by atoms with Crippen molar-refractivity contribution in [2.24, 2.45) is 5.73 Å². The highest BCUT2D eigenvalue weighted by atomic mass is 32.2. The number of rotatable bonds is 7. The number of hydrogen-bond acceptors (Lipinski definition) is 8. The molecule has 1 heterocycles. The molecule has 8 nitrogen and oxygen atoms in total. The van der Waals surface area contributed by atoms with E-state index < -0.39 is 43.6 Å². The minimum atomic E-state index is -4.32. The summed E-state index contributed by atoms with van der Waals surface area (Å²) in [6, 6.07) is 14.5. The molecule has 1 aliphatic heterocycles. The quantitative estimate of drug-likeness (QED) is 0.316. The summed E-state index contributed by atoms with van der Waals surface area (Å²) in [4.78, 5) is 25.0. The van der Waals surface area contributed by atoms with Crippen molar-refractivity contribution in [3.63, 3.8) is 0 Å². The van der Waals surface area contributed by atoms with Crippen molar-refractivity contribution in [3.8, 4) is 0 Å². The van der Waals surface area contributed by atoms with Crippen LogP contribution in [0.15, 0.2) is 66.2 Å². The Bertz CT molecular complexity index is 1180. The molecule has 0 radical (unpaired) electrons. The summed E-state index contributed by atoms with van der Waals surface area (Å²) in [6.07, 6.45) is 0. The summed E-state index contributed by atoms with van der Waals surface area (Å²) >= 11 is 0. The number of benzene rings is 2. The average Bonchev–Trinajstić information content (AvgIpc) is 2.98. The normalized spacial score (nSPS) is 18.8. The van der Waals surface area contributed by atoms with Crippen LogP contribution in [-0.2, 0) is 38.6 Å². The lowest BCUT2D eigenvalue weighted by Gasteiger charge is -2.26. The standard InChI is InChI=1S/C20H22B3NO7S/c1-2-29-18(26)12-8-10-13(11-9-12)19(21)16(25)15(17(24)30-19)31-32(27,28)20(22,23)14-6-4-3-5-7-14/h3-11H,2,21-24H2,1H3/t19-/m0/s1. The molecule has 1 aliphatic rings. The van der Waals surface area contributed by atoms with Gasteiger partial charge in [-0.2, -0.15) is 8.42 Å². The second kappa shape index (κ2) is 8.42. The van der Waals surface area contributed by atoms with Gasteiger partial charge in [0.1, 0.15) is 15.7 Å². The van der Waals surface area contributed by atoms with E-state index >= 15 is 0 Å². The van der Waals surface area contributed by atoms with Gasteiger partial charge in [0.05, 0.1) is 16.7 Å². The van der Waals surface area contributed by atoms with E-state index in [1.165, 1.54) is 47.8 Å². The topological polar surface area (TPSA) is 122 Å². The number of carbonyl (C=O) groups is 2. The Kier molecular flexibility index (Phi) is 6.19. The van der Waals surface area contributed by atoms with E-state index in [1.54, 1.807) is 37.3 Å². The van der Waals surface area contributed by atoms with Crippen molar-refractivity contribution in [3.05, 3.63) is 82.9 Å². The van der Waals surface area contributed by atoms with E-state index in [0.29, 0.717) is 16.7 Å². The summed E-state index contributed by atoms with van der Waals surface area (Å²) in [7, 11) is 0.0810. The van der Waals surface area contributed by atoms with Crippen molar-refractivity contribution in [2.75, 3.05) is 6.61 Å². The lowest BCUT2D eigenvalue weighted by Crippen LogP contribution is -2.40. The molecule has 2 aromatic rings. The molecule has 0 unspecified atom stereocenters. The molecule has 2 aromatic carbocycles. The number of nitrogens with two attached hydrogens (primary N) is 1. The van der Waals surface area contributed by atoms with Crippen LogP contribution in [0.2, 0.25) is 0 Å². The van der Waals surface area contributed by atoms with Crippen molar-refractivity contribution >= 4 is 45.4 Å². The van der Waals surface area contributed by atoms with E-state index in [9.17, 15) is 18.0 Å². The molecule has 12 heteroatoms. The van der Waals surface area contributed by atoms with Gasteiger partial charge in [0.25, 0.3) is 0 Å². The van der Waals surface area contributed by atoms with Gasteiger partial charge in [-0.05, 0) is 30.2 Å². The fourth-order valence-corrected chi connectivity index (χ4v) is 4.26. The van der Waals surface area contributed by atoms with Gasteiger partial charge in [0, 0.05) is 0 Å². The first kappa shape index (κ1) is 23.5. The Labute approximate surface area is 189 Å². The highest BCUT2D eigenvalue weighted by Crippen LogP contribution is 2.38. The number of hydrogen-bond donors (Lipinski definition) is 1. The predicted octanol–water partition coefficient (Wildman–Crippen LogP) is -1.20. The highest BCUT2D eigenvalue weighted by Gasteiger charge is 2.50. The maximum Gasteiger partial charge on any atom is 0.338 e. The maximum absolute atomic E-state index is 13.2. The minimum Gasteiger partial charge on any atom is -0.467 e. The van der Waals surface area contributed by atoms with Gasteiger partial charge < -0.3 is 19.4 Å². The van der Waals surface area contributed by atoms with Crippen molar-refractivity contribution in [2.45, 2.75) is 17.0 Å². The zero-order chi connectivity index (χ0) is 23.7. The smallest absolute Gasteiger partial charge is 0.338 e. The molecule has 0 aromatic heterocycles. The molecule has 164 valence electrons. The Balaban J connectivity index is 1.87. The number of carbonyl (C=O) groups excluding carboxylic acids is 2. The lowest BCUT2D eigenvalue weighted by molar-refractivity contribution is -0.126. The van der Waals surface area contributed by atoms with E-state index in [2.05, 4.69) is 0 Å². The van der Waals surface area contributed by atoms with E-state index in [-0.39, 0.29) is 6.61 Å². The van der Waals surface area contributed by atoms with Crippen molar-refractivity contribution < 1.29 is 31.7 Å². The maximum atomic E-state index is 13.2. The first-order chi connectivity index (χ1) is 14.9. The molecule has 2 N–H and O–H groups in total. The van der Waals surface area contributed by atoms with Crippen LogP contribution in [0.3, 0.4) is 0 Å². The molecule has 0 aliphatic carbocycles. The molecule has 0 saturated heterocycles. The van der Waals surface area contributed by atoms with Gasteiger partial charge in [-0.25, -0.2) is 4.79 Å². The Morgan fingerprint density at radius 2 is 1.72 bits per heavy atom. The van der Waals surface area contributed by atoms with Gasteiger partial charge in [-0.15, -0.1) is 0 Å². The fourth-order valence-electron chi connectivity index (χ4n) is 3.25. The summed E-state index contributed by atoms with van der Waals surface area (Å²) in [5.74, 6) is -2.25. The number of ether oxygens (including phenoxy) is 2. The van der Waals surface area contributed by atoms with Crippen LogP contribution in [0.4, 0.5) is 0 Å². The highest BCUT2D eigenvalue weighted by molar-refractivity contribution is 7.90. The third kappa shape index (κ3) is 4.02. The third-order valence-corrected chi connectivity index (χ3v) is 7.28. The average molecular weight is 453 g/mol. The predicted molar refractivity (Wildman–Crippen MR) is 125 cm³/mol. The summed E-state index contributed by atoms with van der Waals surface area (Å²) in [5.41, 5.74) is 5.41. The molecule has 0 amide bonds. The Morgan fingerprint density at radius 1 is 1.12 bits per heavy atom. The minimum absolute atomic E-state index is 0.231. The van der Waals surface area contributed by atoms with E-state index in [4.69, 9.17) is 19.4 Å². The van der Waals surface area contributed by atoms with Crippen LogP contribution in [0.25, 0.3) is 0 Å². The molecule has 3 rings (SSSR count). The summed E-state index contributed by atoms with van der Waals surface area (Å²) in [6.45, 7) is 1.93. The van der Waals surface area contributed by atoms with Crippen molar-refractivity contribution in [1.82, 2.24) is 0 Å². The lowest BCUT2D eigenvalue weighted by atomic mass is 9.65. The fraction of sp³-hybridized carbons (Fsp3) is 0.200. The van der Waals surface area contributed by atoms with Gasteiger partial charge in [-0.3, -0.25) is 4.79 Å². The number of Topliss-reactive ketones (excluding diaryl/α,β-unsaturated/α-hetero) is 1. The third-order valence-electron chi connectivity index (χ3n) is 5.41. The van der Waals surface area contributed by atoms with Crippen LogP contribution in [0.5, 0.6) is 0 Å². The monoisotopic (exact) mass is 453 g/mol. The molecule has 0 saturated carbocycles. The SMILES string of the molecule is BC(B)(c1ccccc1)S(=O)(=O)OC1=C(N)O[C@@](B)(c2ccc(C(=O)OCC)cc2)C1=O. The van der Waals surface area contributed by atoms with Crippen LogP contribution in [0, 0.1) is 0 Å². The van der Waals surface area contributed by atoms with Crippen LogP contribution in [-0.4, -0.2) is 50.3 Å². The Hall–Kier alpha value is -3.14. The largest absolute Gasteiger partial charge is 0.467 e. The molecular formula is C20H22B3NO7S. The van der Waals surface area contributed by atoms with E-state index in [0.717, 1.165) is 0 Å². The number of ketones is 1. The van der Waals surface area contributed by atoms with Gasteiger partial charge in [0.2, 0.25) is 17.4 Å². The molecule has 0 spiro atoms. The molecule has 0 fully saturated rings. The molecule has 1 atom stereocenters. The zero-order valence-electron chi connectivity index (χ0n) is 18.2. The summed E-state index contributed by atoms with van der Waals surface area (Å²) < 4.78 is 40.4. The van der Waals surface area contributed by atoms with E-state index in [1.807, 2.05) is 0 Å². The van der Waals surface area contributed by atoms with Gasteiger partial charge in [0.15, 0.2) is 13.3 Å². The molecule has 0 bridgehead atoms. The first-order valence-corrected chi connectivity index (χ1v) is 11.4. The van der Waals surface area contributed by atoms with Crippen molar-refractivity contribution in [1.29, 1.82) is 0 Å². The van der Waals surface area contributed by atoms with Gasteiger partial charge >= 0.3 is 16.1 Å². The number of esters is 1. The molecular weight excluding hydrogens is 431 g/mol. The van der Waals surface area contributed by atoms with Crippen LogP contribution < -0.4 is 5.73 Å². The molecule has 32 heavy (non-hydrogen) atoms. The van der Waals surface area contributed by atoms with Crippen LogP contribution in [0.1, 0.15) is 28.4 Å². The first-order valence-electron chi connectivity index (χ1n) is 9.95. The van der Waals surface area contributed by atoms with Gasteiger partial charge in [-0.1, -0.05) is 42.5 Å². The van der Waals surface area contributed by atoms with Crippen LogP contribution >= 0.6 is 0 Å². The second-order valence-corrected chi connectivity index (χ2v) is 9.96. The Morgan fingerprint density at radius 3 is 2.28 bits per heavy atom. The second-order valence-electron chi connectivity index (χ2n) is 7.87.